The Morgan fingerprint density at radius 2 is 1.88 bits per heavy atom. The Balaban J connectivity index is 1.54. The highest BCUT2D eigenvalue weighted by Gasteiger charge is 2.85. The van der Waals surface area contributed by atoms with E-state index in [1.54, 1.807) is 6.92 Å². The van der Waals surface area contributed by atoms with E-state index in [1.807, 2.05) is 6.08 Å². The van der Waals surface area contributed by atoms with Crippen molar-refractivity contribution in [2.45, 2.75) is 83.8 Å². The van der Waals surface area contributed by atoms with Crippen LogP contribution >= 0.6 is 0 Å². The molecule has 0 radical (unpaired) electrons. The maximum Gasteiger partial charge on any atom is 0.165 e. The van der Waals surface area contributed by atoms with Gasteiger partial charge in [0, 0.05) is 11.8 Å². The van der Waals surface area contributed by atoms with E-state index in [9.17, 15) is 9.59 Å². The Morgan fingerprint density at radius 3 is 2.60 bits per heavy atom. The van der Waals surface area contributed by atoms with Gasteiger partial charge in [0.2, 0.25) is 0 Å². The minimum absolute atomic E-state index is 0.00316. The van der Waals surface area contributed by atoms with Gasteiger partial charge in [-0.3, -0.25) is 9.59 Å². The van der Waals surface area contributed by atoms with E-state index in [0.717, 1.165) is 25.7 Å². The quantitative estimate of drug-likeness (QED) is 0.670. The molecule has 4 fully saturated rings. The summed E-state index contributed by atoms with van der Waals surface area (Å²) in [6.45, 7) is 8.66. The van der Waals surface area contributed by atoms with Crippen molar-refractivity contribution in [2.24, 2.45) is 28.6 Å². The molecule has 0 unspecified atom stereocenters. The molecule has 1 aliphatic heterocycles. The Kier molecular flexibility index (Phi) is 2.90. The highest BCUT2D eigenvalue weighted by molar-refractivity contribution is 5.92. The van der Waals surface area contributed by atoms with Crippen molar-refractivity contribution in [1.82, 2.24) is 0 Å². The summed E-state index contributed by atoms with van der Waals surface area (Å²) >= 11 is 0. The number of allylic oxidation sites excluding steroid dienone is 1. The molecule has 4 aliphatic carbocycles. The summed E-state index contributed by atoms with van der Waals surface area (Å²) in [6.07, 6.45) is 9.26. The lowest BCUT2D eigenvalue weighted by atomic mass is 9.46. The number of Topliss-reactive ketones (excluding diaryl/α,β-unsaturated/α-hetero) is 1. The van der Waals surface area contributed by atoms with Gasteiger partial charge in [-0.15, -0.1) is 0 Å². The van der Waals surface area contributed by atoms with Gasteiger partial charge < -0.3 is 4.74 Å². The molecule has 3 heteroatoms. The Labute approximate surface area is 150 Å². The average molecular weight is 342 g/mol. The Bertz CT molecular complexity index is 723. The monoisotopic (exact) mass is 342 g/mol. The Hall–Kier alpha value is -0.960. The van der Waals surface area contributed by atoms with E-state index in [1.165, 1.54) is 18.4 Å². The first-order valence-corrected chi connectivity index (χ1v) is 10.1. The third kappa shape index (κ3) is 1.63. The second kappa shape index (κ2) is 4.47. The first-order chi connectivity index (χ1) is 11.7. The normalized spacial score (nSPS) is 56.2. The first kappa shape index (κ1) is 16.2. The highest BCUT2D eigenvalue weighted by atomic mass is 16.6. The van der Waals surface area contributed by atoms with Crippen LogP contribution in [0.25, 0.3) is 0 Å². The number of ketones is 2. The Morgan fingerprint density at radius 1 is 1.12 bits per heavy atom. The van der Waals surface area contributed by atoms with Crippen LogP contribution in [-0.4, -0.2) is 22.8 Å². The maximum atomic E-state index is 12.6. The van der Waals surface area contributed by atoms with Gasteiger partial charge >= 0.3 is 0 Å². The predicted molar refractivity (Wildman–Crippen MR) is 95.0 cm³/mol. The molecule has 0 aromatic heterocycles. The van der Waals surface area contributed by atoms with Crippen molar-refractivity contribution in [3.63, 3.8) is 0 Å². The second-order valence-corrected chi connectivity index (χ2v) is 10.2. The molecule has 0 spiro atoms. The van der Waals surface area contributed by atoms with Gasteiger partial charge in [0.05, 0.1) is 0 Å². The van der Waals surface area contributed by atoms with Crippen molar-refractivity contribution < 1.29 is 14.3 Å². The number of rotatable bonds is 1. The first-order valence-electron chi connectivity index (χ1n) is 10.1. The molecule has 7 atom stereocenters. The minimum Gasteiger partial charge on any atom is -0.354 e. The fraction of sp³-hybridized carbons (Fsp3) is 0.818. The fourth-order valence-corrected chi connectivity index (χ4v) is 8.18. The molecular formula is C22H30O3. The summed E-state index contributed by atoms with van der Waals surface area (Å²) in [6, 6.07) is 0. The lowest BCUT2D eigenvalue weighted by Gasteiger charge is -2.58. The molecule has 3 nitrogen and oxygen atoms in total. The summed E-state index contributed by atoms with van der Waals surface area (Å²) in [4.78, 5) is 24.5. The molecule has 25 heavy (non-hydrogen) atoms. The van der Waals surface area contributed by atoms with E-state index in [-0.39, 0.29) is 22.2 Å². The van der Waals surface area contributed by atoms with Crippen molar-refractivity contribution in [2.75, 3.05) is 0 Å². The highest BCUT2D eigenvalue weighted by Crippen LogP contribution is 2.77. The van der Waals surface area contributed by atoms with E-state index < -0.39 is 5.60 Å². The van der Waals surface area contributed by atoms with Gasteiger partial charge in [-0.05, 0) is 81.6 Å². The number of fused-ring (bicyclic) bond motifs is 7. The van der Waals surface area contributed by atoms with Gasteiger partial charge in [-0.25, -0.2) is 0 Å². The van der Waals surface area contributed by atoms with Gasteiger partial charge in [0.25, 0.3) is 0 Å². The van der Waals surface area contributed by atoms with E-state index in [4.69, 9.17) is 4.74 Å². The number of hydrogen-bond donors (Lipinski definition) is 0. The van der Waals surface area contributed by atoms with Crippen LogP contribution in [0, 0.1) is 28.6 Å². The number of hydrogen-bond acceptors (Lipinski definition) is 3. The number of epoxide rings is 1. The molecule has 0 aromatic carbocycles. The topological polar surface area (TPSA) is 46.7 Å². The third-order valence-electron chi connectivity index (χ3n) is 9.34. The zero-order valence-electron chi connectivity index (χ0n) is 16.0. The van der Waals surface area contributed by atoms with Gasteiger partial charge in [-0.2, -0.15) is 0 Å². The largest absolute Gasteiger partial charge is 0.354 e. The maximum absolute atomic E-state index is 12.6. The van der Waals surface area contributed by atoms with E-state index in [0.29, 0.717) is 30.0 Å². The molecule has 5 aliphatic rings. The number of carbonyl (C=O) groups is 2. The molecule has 1 heterocycles. The van der Waals surface area contributed by atoms with Crippen LogP contribution in [-0.2, 0) is 14.3 Å². The lowest BCUT2D eigenvalue weighted by molar-refractivity contribution is -0.137. The molecule has 0 amide bonds. The molecule has 0 aromatic rings. The van der Waals surface area contributed by atoms with Crippen LogP contribution in [0.1, 0.15) is 72.6 Å². The minimum atomic E-state index is -0.519. The molecule has 5 rings (SSSR count). The summed E-state index contributed by atoms with van der Waals surface area (Å²) < 4.78 is 6.18. The van der Waals surface area contributed by atoms with Crippen LogP contribution in [0.15, 0.2) is 11.6 Å². The zero-order chi connectivity index (χ0) is 17.8. The van der Waals surface area contributed by atoms with Gasteiger partial charge in [0.15, 0.2) is 17.2 Å². The summed E-state index contributed by atoms with van der Waals surface area (Å²) in [5, 5.41) is 0. The van der Waals surface area contributed by atoms with Crippen molar-refractivity contribution in [3.05, 3.63) is 11.6 Å². The summed E-state index contributed by atoms with van der Waals surface area (Å²) in [7, 11) is 0. The second-order valence-electron chi connectivity index (χ2n) is 10.2. The predicted octanol–water partition coefficient (Wildman–Crippen LogP) is 4.24. The van der Waals surface area contributed by atoms with Crippen LogP contribution in [0.3, 0.4) is 0 Å². The molecule has 136 valence electrons. The molecule has 0 bridgehead atoms. The van der Waals surface area contributed by atoms with Crippen LogP contribution in [0.2, 0.25) is 0 Å². The van der Waals surface area contributed by atoms with Gasteiger partial charge in [-0.1, -0.05) is 19.4 Å². The van der Waals surface area contributed by atoms with E-state index in [2.05, 4.69) is 20.8 Å². The third-order valence-corrected chi connectivity index (χ3v) is 9.34. The van der Waals surface area contributed by atoms with E-state index >= 15 is 0 Å². The van der Waals surface area contributed by atoms with Crippen molar-refractivity contribution in [3.8, 4) is 0 Å². The lowest BCUT2D eigenvalue weighted by Crippen LogP contribution is -2.54. The summed E-state index contributed by atoms with van der Waals surface area (Å²) in [5.74, 6) is 2.50. The van der Waals surface area contributed by atoms with Crippen molar-refractivity contribution in [1.29, 1.82) is 0 Å². The van der Waals surface area contributed by atoms with Crippen molar-refractivity contribution >= 4 is 11.6 Å². The van der Waals surface area contributed by atoms with Crippen LogP contribution in [0.5, 0.6) is 0 Å². The average Bonchev–Trinajstić information content (AvgIpc) is 3.13. The SMILES string of the molecule is CC(=O)[C@@]12O[C@@]1(C)C[C@H]1[C@@H]3CCC4=CC(=O)CC[C@@]4(C)[C@@H]3CC[C@@]12C. The van der Waals surface area contributed by atoms with Gasteiger partial charge in [0.1, 0.15) is 5.60 Å². The molecular weight excluding hydrogens is 312 g/mol. The van der Waals surface area contributed by atoms with Crippen LogP contribution in [0.4, 0.5) is 0 Å². The molecule has 1 saturated heterocycles. The standard InChI is InChI=1S/C22H30O3/c1-13(23)22-20(3)10-8-17-16(18(20)12-21(22,4)25-22)6-5-14-11-15(24)7-9-19(14,17)2/h11,16-18H,5-10,12H2,1-4H3/t16-,17-,18+,19-,20+,21+,22+/m1/s1. The molecule has 0 N–H and O–H groups in total. The van der Waals surface area contributed by atoms with Crippen LogP contribution < -0.4 is 0 Å². The number of ether oxygens (including phenoxy) is 1. The summed E-state index contributed by atoms with van der Waals surface area (Å²) in [5.41, 5.74) is 0.870. The molecule has 3 saturated carbocycles. The zero-order valence-corrected chi connectivity index (χ0v) is 16.0. The number of carbonyl (C=O) groups excluding carboxylic acids is 2. The smallest absolute Gasteiger partial charge is 0.165 e. The fourth-order valence-electron chi connectivity index (χ4n) is 8.18.